The average molecular weight is 344 g/mol. The third-order valence-electron chi connectivity index (χ3n) is 3.35. The number of thiophene rings is 1. The van der Waals surface area contributed by atoms with Crippen molar-refractivity contribution >= 4 is 34.7 Å². The highest BCUT2D eigenvalue weighted by Gasteiger charge is 2.12. The van der Waals surface area contributed by atoms with Gasteiger partial charge in [-0.15, -0.1) is 21.5 Å². The standard InChI is InChI=1S/C16H16N4OS2/c1-11-12(7-8-22-11)9-15(21)18-13-5-3-4-6-14(13)23-16-19-17-10-20(16)2/h3-8,10H,9H2,1-2H3,(H,18,21). The maximum Gasteiger partial charge on any atom is 0.228 e. The number of para-hydroxylation sites is 1. The molecule has 23 heavy (non-hydrogen) atoms. The molecule has 0 bridgehead atoms. The molecule has 0 saturated heterocycles. The molecule has 2 heterocycles. The van der Waals surface area contributed by atoms with E-state index in [0.29, 0.717) is 6.42 Å². The van der Waals surface area contributed by atoms with Crippen molar-refractivity contribution in [2.75, 3.05) is 5.32 Å². The quantitative estimate of drug-likeness (QED) is 0.769. The molecule has 2 aromatic heterocycles. The molecule has 3 rings (SSSR count). The minimum atomic E-state index is -0.0162. The fourth-order valence-corrected chi connectivity index (χ4v) is 3.66. The van der Waals surface area contributed by atoms with Crippen molar-refractivity contribution in [2.24, 2.45) is 7.05 Å². The summed E-state index contributed by atoms with van der Waals surface area (Å²) in [6.07, 6.45) is 2.04. The molecule has 3 aromatic rings. The molecule has 0 aliphatic carbocycles. The fourth-order valence-electron chi connectivity index (χ4n) is 2.08. The lowest BCUT2D eigenvalue weighted by Gasteiger charge is -2.10. The molecule has 1 N–H and O–H groups in total. The Bertz CT molecular complexity index is 825. The van der Waals surface area contributed by atoms with Gasteiger partial charge in [-0.05, 0) is 47.8 Å². The Hall–Kier alpha value is -2.12. The summed E-state index contributed by atoms with van der Waals surface area (Å²) in [4.78, 5) is 14.4. The van der Waals surface area contributed by atoms with Crippen molar-refractivity contribution in [1.82, 2.24) is 14.8 Å². The number of nitrogens with zero attached hydrogens (tertiary/aromatic N) is 3. The smallest absolute Gasteiger partial charge is 0.228 e. The van der Waals surface area contributed by atoms with Crippen LogP contribution in [0.3, 0.4) is 0 Å². The zero-order valence-electron chi connectivity index (χ0n) is 12.8. The molecular formula is C16H16N4OS2. The molecule has 0 unspecified atom stereocenters. The van der Waals surface area contributed by atoms with Gasteiger partial charge in [0.2, 0.25) is 5.91 Å². The maximum absolute atomic E-state index is 12.3. The Morgan fingerprint density at radius 3 is 2.87 bits per heavy atom. The first-order valence-corrected chi connectivity index (χ1v) is 8.77. The van der Waals surface area contributed by atoms with E-state index in [4.69, 9.17) is 0 Å². The van der Waals surface area contributed by atoms with Gasteiger partial charge in [0.15, 0.2) is 5.16 Å². The van der Waals surface area contributed by atoms with Crippen LogP contribution in [0.5, 0.6) is 0 Å². The van der Waals surface area contributed by atoms with Gasteiger partial charge in [0.25, 0.3) is 0 Å². The van der Waals surface area contributed by atoms with Crippen molar-refractivity contribution in [3.05, 3.63) is 52.5 Å². The SMILES string of the molecule is Cc1sccc1CC(=O)Nc1ccccc1Sc1nncn1C. The lowest BCUT2D eigenvalue weighted by atomic mass is 10.2. The number of amides is 1. The van der Waals surface area contributed by atoms with Crippen molar-refractivity contribution < 1.29 is 4.79 Å². The van der Waals surface area contributed by atoms with Crippen LogP contribution in [0, 0.1) is 6.92 Å². The second-order valence-corrected chi connectivity index (χ2v) is 7.18. The van der Waals surface area contributed by atoms with E-state index < -0.39 is 0 Å². The summed E-state index contributed by atoms with van der Waals surface area (Å²) in [7, 11) is 1.89. The van der Waals surface area contributed by atoms with Crippen LogP contribution < -0.4 is 5.32 Å². The van der Waals surface area contributed by atoms with Gasteiger partial charge >= 0.3 is 0 Å². The number of hydrogen-bond donors (Lipinski definition) is 1. The van der Waals surface area contributed by atoms with Crippen LogP contribution in [-0.4, -0.2) is 20.7 Å². The lowest BCUT2D eigenvalue weighted by molar-refractivity contribution is -0.115. The van der Waals surface area contributed by atoms with E-state index in [9.17, 15) is 4.79 Å². The molecule has 118 valence electrons. The number of carbonyl (C=O) groups is 1. The predicted molar refractivity (Wildman–Crippen MR) is 93.0 cm³/mol. The summed E-state index contributed by atoms with van der Waals surface area (Å²) >= 11 is 3.14. The van der Waals surface area contributed by atoms with Crippen molar-refractivity contribution in [1.29, 1.82) is 0 Å². The highest BCUT2D eigenvalue weighted by molar-refractivity contribution is 7.99. The van der Waals surface area contributed by atoms with Gasteiger partial charge in [-0.1, -0.05) is 12.1 Å². The largest absolute Gasteiger partial charge is 0.325 e. The minimum Gasteiger partial charge on any atom is -0.325 e. The van der Waals surface area contributed by atoms with Crippen LogP contribution in [0.2, 0.25) is 0 Å². The molecule has 5 nitrogen and oxygen atoms in total. The minimum absolute atomic E-state index is 0.0162. The third kappa shape index (κ3) is 3.80. The van der Waals surface area contributed by atoms with Crippen molar-refractivity contribution in [3.63, 3.8) is 0 Å². The van der Waals surface area contributed by atoms with Crippen molar-refractivity contribution in [2.45, 2.75) is 23.4 Å². The van der Waals surface area contributed by atoms with Gasteiger partial charge in [0.1, 0.15) is 6.33 Å². The van der Waals surface area contributed by atoms with Gasteiger partial charge in [0.05, 0.1) is 12.1 Å². The highest BCUT2D eigenvalue weighted by atomic mass is 32.2. The first kappa shape index (κ1) is 15.8. The lowest BCUT2D eigenvalue weighted by Crippen LogP contribution is -2.15. The van der Waals surface area contributed by atoms with Crippen LogP contribution in [-0.2, 0) is 18.3 Å². The summed E-state index contributed by atoms with van der Waals surface area (Å²) in [5.41, 5.74) is 1.87. The first-order valence-electron chi connectivity index (χ1n) is 7.07. The van der Waals surface area contributed by atoms with Crippen LogP contribution in [0.4, 0.5) is 5.69 Å². The van der Waals surface area contributed by atoms with Crippen LogP contribution in [0.1, 0.15) is 10.4 Å². The fraction of sp³-hybridized carbons (Fsp3) is 0.188. The molecular weight excluding hydrogens is 328 g/mol. The number of carbonyl (C=O) groups excluding carboxylic acids is 1. The molecule has 0 atom stereocenters. The third-order valence-corrected chi connectivity index (χ3v) is 5.37. The van der Waals surface area contributed by atoms with E-state index in [2.05, 4.69) is 15.5 Å². The van der Waals surface area contributed by atoms with E-state index in [0.717, 1.165) is 21.3 Å². The Balaban J connectivity index is 1.74. The summed E-state index contributed by atoms with van der Waals surface area (Å²) in [5.74, 6) is -0.0162. The van der Waals surface area contributed by atoms with Crippen LogP contribution in [0.25, 0.3) is 0 Å². The zero-order valence-corrected chi connectivity index (χ0v) is 14.4. The number of rotatable bonds is 5. The highest BCUT2D eigenvalue weighted by Crippen LogP contribution is 2.31. The summed E-state index contributed by atoms with van der Waals surface area (Å²) in [5, 5.41) is 13.7. The monoisotopic (exact) mass is 344 g/mol. The Labute approximate surface area is 142 Å². The number of hydrogen-bond acceptors (Lipinski definition) is 5. The summed E-state index contributed by atoms with van der Waals surface area (Å²) in [6, 6.07) is 9.71. The number of benzene rings is 1. The number of nitrogens with one attached hydrogen (secondary N) is 1. The molecule has 7 heteroatoms. The number of aryl methyl sites for hydroxylation is 2. The van der Waals surface area contributed by atoms with E-state index in [1.165, 1.54) is 16.6 Å². The van der Waals surface area contributed by atoms with E-state index in [1.807, 2.05) is 54.3 Å². The maximum atomic E-state index is 12.3. The average Bonchev–Trinajstić information content (AvgIpc) is 3.11. The molecule has 0 aliphatic rings. The second kappa shape index (κ2) is 6.97. The normalized spacial score (nSPS) is 10.7. The molecule has 0 spiro atoms. The molecule has 1 amide bonds. The molecule has 0 saturated carbocycles. The molecule has 0 aliphatic heterocycles. The Morgan fingerprint density at radius 2 is 2.17 bits per heavy atom. The molecule has 1 aromatic carbocycles. The van der Waals surface area contributed by atoms with Gasteiger partial charge < -0.3 is 9.88 Å². The number of anilines is 1. The van der Waals surface area contributed by atoms with Crippen molar-refractivity contribution in [3.8, 4) is 0 Å². The Morgan fingerprint density at radius 1 is 1.35 bits per heavy atom. The van der Waals surface area contributed by atoms with E-state index >= 15 is 0 Å². The van der Waals surface area contributed by atoms with Crippen LogP contribution >= 0.6 is 23.1 Å². The summed E-state index contributed by atoms with van der Waals surface area (Å²) < 4.78 is 1.85. The summed E-state index contributed by atoms with van der Waals surface area (Å²) in [6.45, 7) is 2.03. The molecule has 0 radical (unpaired) electrons. The molecule has 0 fully saturated rings. The van der Waals surface area contributed by atoms with Gasteiger partial charge in [-0.2, -0.15) is 0 Å². The van der Waals surface area contributed by atoms with Crippen LogP contribution in [0.15, 0.2) is 52.1 Å². The zero-order chi connectivity index (χ0) is 16.2. The second-order valence-electron chi connectivity index (χ2n) is 5.05. The van der Waals surface area contributed by atoms with E-state index in [1.54, 1.807) is 17.7 Å². The van der Waals surface area contributed by atoms with Gasteiger partial charge in [0, 0.05) is 16.8 Å². The Kier molecular flexibility index (Phi) is 4.78. The topological polar surface area (TPSA) is 59.8 Å². The number of aromatic nitrogens is 3. The van der Waals surface area contributed by atoms with E-state index in [-0.39, 0.29) is 5.91 Å². The predicted octanol–water partition coefficient (Wildman–Crippen LogP) is 3.52. The van der Waals surface area contributed by atoms with Gasteiger partial charge in [-0.3, -0.25) is 4.79 Å². The van der Waals surface area contributed by atoms with Gasteiger partial charge in [-0.25, -0.2) is 0 Å². The first-order chi connectivity index (χ1) is 11.1.